The number of nitrogens with one attached hydrogen (secondary N) is 1. The van der Waals surface area contributed by atoms with E-state index in [4.69, 9.17) is 9.40 Å². The summed E-state index contributed by atoms with van der Waals surface area (Å²) in [4.78, 5) is 18.2. The maximum Gasteiger partial charge on any atom is 0.257 e. The SMILES string of the molecule is Cc1cc(-c2cc(C(=O)Nc3ccn(-c4ccccc4)n3)c3cnn(C(C)C)c3n2)c(C)o1. The number of anilines is 1. The van der Waals surface area contributed by atoms with E-state index in [1.165, 1.54) is 0 Å². The van der Waals surface area contributed by atoms with Gasteiger partial charge in [-0.05, 0) is 52.0 Å². The lowest BCUT2D eigenvalue weighted by molar-refractivity contribution is 0.102. The van der Waals surface area contributed by atoms with E-state index in [0.29, 0.717) is 28.1 Å². The highest BCUT2D eigenvalue weighted by Gasteiger charge is 2.21. The molecule has 8 nitrogen and oxygen atoms in total. The number of amides is 1. The van der Waals surface area contributed by atoms with Crippen molar-refractivity contribution >= 4 is 22.8 Å². The van der Waals surface area contributed by atoms with Crippen LogP contribution in [0.1, 0.15) is 41.8 Å². The van der Waals surface area contributed by atoms with Gasteiger partial charge in [-0.1, -0.05) is 18.2 Å². The van der Waals surface area contributed by atoms with E-state index in [1.54, 1.807) is 23.0 Å². The summed E-state index contributed by atoms with van der Waals surface area (Å²) in [5, 5.41) is 12.6. The van der Waals surface area contributed by atoms with Gasteiger partial charge in [0.2, 0.25) is 0 Å². The minimum Gasteiger partial charge on any atom is -0.466 e. The fourth-order valence-electron chi connectivity index (χ4n) is 3.91. The highest BCUT2D eigenvalue weighted by atomic mass is 16.3. The molecule has 0 atom stereocenters. The Balaban J connectivity index is 1.56. The Bertz CT molecular complexity index is 1460. The molecule has 5 rings (SSSR count). The van der Waals surface area contributed by atoms with Crippen molar-refractivity contribution in [3.8, 4) is 16.9 Å². The van der Waals surface area contributed by atoms with Crippen LogP contribution in [0, 0.1) is 13.8 Å². The van der Waals surface area contributed by atoms with Crippen LogP contribution >= 0.6 is 0 Å². The maximum atomic E-state index is 13.4. The van der Waals surface area contributed by atoms with Gasteiger partial charge in [0.1, 0.15) is 11.5 Å². The summed E-state index contributed by atoms with van der Waals surface area (Å²) in [6.45, 7) is 7.85. The second kappa shape index (κ2) is 8.05. The molecule has 4 heterocycles. The lowest BCUT2D eigenvalue weighted by Gasteiger charge is -2.10. The highest BCUT2D eigenvalue weighted by molar-refractivity contribution is 6.12. The van der Waals surface area contributed by atoms with Gasteiger partial charge in [-0.15, -0.1) is 0 Å². The molecule has 1 amide bonds. The molecule has 8 heteroatoms. The monoisotopic (exact) mass is 440 g/mol. The molecule has 0 aliphatic rings. The van der Waals surface area contributed by atoms with Gasteiger partial charge in [-0.3, -0.25) is 4.79 Å². The molecule has 0 radical (unpaired) electrons. The lowest BCUT2D eigenvalue weighted by atomic mass is 10.1. The number of benzene rings is 1. The fourth-order valence-corrected chi connectivity index (χ4v) is 3.91. The van der Waals surface area contributed by atoms with Crippen molar-refractivity contribution in [2.75, 3.05) is 5.32 Å². The highest BCUT2D eigenvalue weighted by Crippen LogP contribution is 2.30. The molecule has 166 valence electrons. The standard InChI is InChI=1S/C25H24N6O2/c1-15(2)31-24-21(14-26-31)20(13-22(27-24)19-12-16(3)33-17(19)4)25(32)28-23-10-11-30(29-23)18-8-6-5-7-9-18/h5-15H,1-4H3,(H,28,29,32). The van der Waals surface area contributed by atoms with E-state index >= 15 is 0 Å². The zero-order valence-corrected chi connectivity index (χ0v) is 18.9. The Labute approximate surface area is 190 Å². The molecular formula is C25H24N6O2. The van der Waals surface area contributed by atoms with Crippen molar-refractivity contribution < 1.29 is 9.21 Å². The van der Waals surface area contributed by atoms with Gasteiger partial charge in [-0.25, -0.2) is 14.3 Å². The average Bonchev–Trinajstić information content (AvgIpc) is 3.51. The number of rotatable bonds is 5. The van der Waals surface area contributed by atoms with Crippen LogP contribution < -0.4 is 5.32 Å². The Kier molecular flexibility index (Phi) is 5.05. The van der Waals surface area contributed by atoms with Gasteiger partial charge in [0.25, 0.3) is 5.91 Å². The molecule has 0 unspecified atom stereocenters. The zero-order valence-electron chi connectivity index (χ0n) is 18.9. The minimum absolute atomic E-state index is 0.0925. The van der Waals surface area contributed by atoms with Crippen LogP contribution in [-0.2, 0) is 0 Å². The summed E-state index contributed by atoms with van der Waals surface area (Å²) in [7, 11) is 0. The predicted molar refractivity (Wildman–Crippen MR) is 127 cm³/mol. The third-order valence-electron chi connectivity index (χ3n) is 5.47. The van der Waals surface area contributed by atoms with Crippen LogP contribution in [-0.4, -0.2) is 30.5 Å². The molecule has 1 aromatic carbocycles. The van der Waals surface area contributed by atoms with E-state index in [-0.39, 0.29) is 11.9 Å². The van der Waals surface area contributed by atoms with Gasteiger partial charge in [0.05, 0.1) is 28.5 Å². The molecular weight excluding hydrogens is 416 g/mol. The van der Waals surface area contributed by atoms with Crippen LogP contribution in [0.2, 0.25) is 0 Å². The quantitative estimate of drug-likeness (QED) is 0.399. The van der Waals surface area contributed by atoms with Crippen molar-refractivity contribution in [2.24, 2.45) is 0 Å². The second-order valence-electron chi connectivity index (χ2n) is 8.24. The van der Waals surface area contributed by atoms with Crippen molar-refractivity contribution in [3.05, 3.63) is 78.0 Å². The van der Waals surface area contributed by atoms with E-state index < -0.39 is 0 Å². The largest absolute Gasteiger partial charge is 0.466 e. The topological polar surface area (TPSA) is 90.8 Å². The first kappa shape index (κ1) is 20.7. The normalized spacial score (nSPS) is 11.4. The molecule has 0 saturated carbocycles. The van der Waals surface area contributed by atoms with Crippen LogP contribution in [0.5, 0.6) is 0 Å². The lowest BCUT2D eigenvalue weighted by Crippen LogP contribution is -2.14. The Morgan fingerprint density at radius 2 is 1.88 bits per heavy atom. The van der Waals surface area contributed by atoms with Crippen LogP contribution in [0.4, 0.5) is 5.82 Å². The van der Waals surface area contributed by atoms with Crippen molar-refractivity contribution in [2.45, 2.75) is 33.7 Å². The Hall–Kier alpha value is -4.20. The molecule has 0 fully saturated rings. The number of pyridine rings is 1. The van der Waals surface area contributed by atoms with E-state index in [2.05, 4.69) is 15.5 Å². The van der Waals surface area contributed by atoms with Gasteiger partial charge >= 0.3 is 0 Å². The molecule has 0 aliphatic heterocycles. The average molecular weight is 441 g/mol. The predicted octanol–water partition coefficient (Wildman–Crippen LogP) is 5.33. The smallest absolute Gasteiger partial charge is 0.257 e. The molecule has 0 saturated heterocycles. The molecule has 0 bridgehead atoms. The number of fused-ring (bicyclic) bond motifs is 1. The zero-order chi connectivity index (χ0) is 23.1. The van der Waals surface area contributed by atoms with Gasteiger partial charge < -0.3 is 9.73 Å². The third kappa shape index (κ3) is 3.80. The number of aryl methyl sites for hydroxylation is 2. The summed E-state index contributed by atoms with van der Waals surface area (Å²) < 4.78 is 9.25. The minimum atomic E-state index is -0.275. The van der Waals surface area contributed by atoms with Gasteiger partial charge in [0.15, 0.2) is 11.5 Å². The summed E-state index contributed by atoms with van der Waals surface area (Å²) >= 11 is 0. The molecule has 0 aliphatic carbocycles. The van der Waals surface area contributed by atoms with E-state index in [1.807, 2.05) is 75.0 Å². The van der Waals surface area contributed by atoms with Crippen LogP contribution in [0.3, 0.4) is 0 Å². The molecule has 1 N–H and O–H groups in total. The van der Waals surface area contributed by atoms with Crippen molar-refractivity contribution in [1.29, 1.82) is 0 Å². The summed E-state index contributed by atoms with van der Waals surface area (Å²) in [5.41, 5.74) is 3.57. The summed E-state index contributed by atoms with van der Waals surface area (Å²) in [6.07, 6.45) is 3.50. The first-order valence-electron chi connectivity index (χ1n) is 10.8. The van der Waals surface area contributed by atoms with Gasteiger partial charge in [-0.2, -0.15) is 10.2 Å². The maximum absolute atomic E-state index is 13.4. The first-order valence-corrected chi connectivity index (χ1v) is 10.8. The second-order valence-corrected chi connectivity index (χ2v) is 8.24. The molecule has 4 aromatic heterocycles. The number of carbonyl (C=O) groups excluding carboxylic acids is 1. The van der Waals surface area contributed by atoms with Crippen LogP contribution in [0.25, 0.3) is 28.0 Å². The number of aromatic nitrogens is 5. The molecule has 0 spiro atoms. The third-order valence-corrected chi connectivity index (χ3v) is 5.47. The number of nitrogens with zero attached hydrogens (tertiary/aromatic N) is 5. The Morgan fingerprint density at radius 3 is 2.58 bits per heavy atom. The fraction of sp³-hybridized carbons (Fsp3) is 0.200. The van der Waals surface area contributed by atoms with E-state index in [9.17, 15) is 4.79 Å². The number of hydrogen-bond acceptors (Lipinski definition) is 5. The molecule has 5 aromatic rings. The first-order chi connectivity index (χ1) is 15.9. The summed E-state index contributed by atoms with van der Waals surface area (Å²) in [5.74, 6) is 1.73. The number of hydrogen-bond donors (Lipinski definition) is 1. The molecule has 33 heavy (non-hydrogen) atoms. The van der Waals surface area contributed by atoms with E-state index in [0.717, 1.165) is 22.8 Å². The Morgan fingerprint density at radius 1 is 1.09 bits per heavy atom. The van der Waals surface area contributed by atoms with Crippen molar-refractivity contribution in [3.63, 3.8) is 0 Å². The van der Waals surface area contributed by atoms with Crippen molar-refractivity contribution in [1.82, 2.24) is 24.5 Å². The number of carbonyl (C=O) groups is 1. The van der Waals surface area contributed by atoms with Gasteiger partial charge in [0, 0.05) is 23.9 Å². The number of para-hydroxylation sites is 1. The summed E-state index contributed by atoms with van der Waals surface area (Å²) in [6, 6.07) is 15.3. The van der Waals surface area contributed by atoms with Crippen LogP contribution in [0.15, 0.2) is 65.3 Å². The number of furan rings is 1.